The Balaban J connectivity index is 3.07. The summed E-state index contributed by atoms with van der Waals surface area (Å²) in [5, 5.41) is 0.625. The summed E-state index contributed by atoms with van der Waals surface area (Å²) >= 11 is 5.71. The summed E-state index contributed by atoms with van der Waals surface area (Å²) in [5.74, 6) is 0. The fourth-order valence-electron chi connectivity index (χ4n) is 0.822. The Morgan fingerprint density at radius 2 is 2.44 bits per heavy atom. The van der Waals surface area contributed by atoms with Gasteiger partial charge in [-0.25, -0.2) is 4.98 Å². The van der Waals surface area contributed by atoms with E-state index in [1.165, 1.54) is 0 Å². The summed E-state index contributed by atoms with van der Waals surface area (Å²) in [5.41, 5.74) is 1.09. The minimum Gasteiger partial charge on any atom is -0.336 e. The molecule has 0 radical (unpaired) electrons. The van der Waals surface area contributed by atoms with Gasteiger partial charge in [-0.15, -0.1) is 0 Å². The van der Waals surface area contributed by atoms with Crippen molar-refractivity contribution >= 4 is 11.6 Å². The van der Waals surface area contributed by atoms with Gasteiger partial charge in [0.15, 0.2) is 0 Å². The Morgan fingerprint density at radius 3 is 2.67 bits per heavy atom. The third-order valence-corrected chi connectivity index (χ3v) is 1.66. The van der Waals surface area contributed by atoms with Gasteiger partial charge in [0.25, 0.3) is 0 Å². The van der Waals surface area contributed by atoms with Crippen molar-refractivity contribution < 1.29 is 0 Å². The lowest BCUT2D eigenvalue weighted by Gasteiger charge is -1.95. The molecule has 0 saturated carbocycles. The van der Waals surface area contributed by atoms with Gasteiger partial charge in [0.1, 0.15) is 5.15 Å². The number of hydrogen-bond donors (Lipinski definition) is 0. The van der Waals surface area contributed by atoms with Crippen molar-refractivity contribution in [2.75, 3.05) is 0 Å². The number of nitrogens with zero attached hydrogens (tertiary/aromatic N) is 2. The number of aromatic nitrogens is 2. The zero-order valence-corrected chi connectivity index (χ0v) is 6.31. The molecule has 0 aliphatic rings. The maximum absolute atomic E-state index is 5.71. The van der Waals surface area contributed by atoms with E-state index in [4.69, 9.17) is 11.6 Å². The first kappa shape index (κ1) is 6.62. The van der Waals surface area contributed by atoms with Crippen molar-refractivity contribution in [3.63, 3.8) is 0 Å². The molecule has 0 N–H and O–H groups in total. The summed E-state index contributed by atoms with van der Waals surface area (Å²) in [6.07, 6.45) is 2.66. The molecule has 0 unspecified atom stereocenters. The van der Waals surface area contributed by atoms with Crippen LogP contribution in [0.3, 0.4) is 0 Å². The monoisotopic (exact) mass is 144 g/mol. The number of rotatable bonds is 1. The average Bonchev–Trinajstić information content (AvgIpc) is 2.12. The Kier molecular flexibility index (Phi) is 1.76. The molecule has 50 valence electrons. The molecular formula is C6H9ClN2. The van der Waals surface area contributed by atoms with Gasteiger partial charge < -0.3 is 4.57 Å². The minimum absolute atomic E-state index is 0.625. The van der Waals surface area contributed by atoms with Gasteiger partial charge in [0, 0.05) is 7.05 Å². The zero-order valence-electron chi connectivity index (χ0n) is 5.56. The Bertz CT molecular complexity index is 185. The average molecular weight is 145 g/mol. The maximum Gasteiger partial charge on any atom is 0.150 e. The highest BCUT2D eigenvalue weighted by molar-refractivity contribution is 6.30. The molecule has 0 aliphatic heterocycles. The molecule has 1 aromatic heterocycles. The Labute approximate surface area is 59.5 Å². The molecule has 9 heavy (non-hydrogen) atoms. The van der Waals surface area contributed by atoms with Crippen LogP contribution in [0.5, 0.6) is 0 Å². The normalized spacial score (nSPS) is 10.1. The Morgan fingerprint density at radius 1 is 1.78 bits per heavy atom. The largest absolute Gasteiger partial charge is 0.336 e. The van der Waals surface area contributed by atoms with Crippen LogP contribution in [0.15, 0.2) is 6.33 Å². The van der Waals surface area contributed by atoms with E-state index in [1.54, 1.807) is 6.33 Å². The van der Waals surface area contributed by atoms with Crippen LogP contribution in [-0.4, -0.2) is 9.55 Å². The zero-order chi connectivity index (χ0) is 6.85. The van der Waals surface area contributed by atoms with Crippen molar-refractivity contribution in [2.24, 2.45) is 7.05 Å². The molecule has 1 rings (SSSR count). The molecule has 0 spiro atoms. The topological polar surface area (TPSA) is 17.8 Å². The van der Waals surface area contributed by atoms with Crippen LogP contribution in [0.1, 0.15) is 12.6 Å². The van der Waals surface area contributed by atoms with E-state index in [2.05, 4.69) is 11.9 Å². The van der Waals surface area contributed by atoms with Gasteiger partial charge >= 0.3 is 0 Å². The van der Waals surface area contributed by atoms with Gasteiger partial charge in [-0.3, -0.25) is 0 Å². The quantitative estimate of drug-likeness (QED) is 0.586. The lowest BCUT2D eigenvalue weighted by atomic mass is 10.4. The van der Waals surface area contributed by atoms with Crippen LogP contribution in [-0.2, 0) is 13.5 Å². The lowest BCUT2D eigenvalue weighted by Crippen LogP contribution is -1.91. The van der Waals surface area contributed by atoms with Crippen LogP contribution >= 0.6 is 11.6 Å². The fraction of sp³-hybridized carbons (Fsp3) is 0.500. The molecule has 0 amide bonds. The SMILES string of the molecule is CCc1c(Cl)ncn1C. The molecule has 3 heteroatoms. The highest BCUT2D eigenvalue weighted by Gasteiger charge is 2.01. The number of imidazole rings is 1. The van der Waals surface area contributed by atoms with Crippen molar-refractivity contribution in [3.8, 4) is 0 Å². The first-order valence-corrected chi connectivity index (χ1v) is 3.29. The van der Waals surface area contributed by atoms with E-state index in [9.17, 15) is 0 Å². The van der Waals surface area contributed by atoms with Gasteiger partial charge in [0.05, 0.1) is 12.0 Å². The minimum atomic E-state index is 0.625. The van der Waals surface area contributed by atoms with Gasteiger partial charge in [0.2, 0.25) is 0 Å². The maximum atomic E-state index is 5.71. The second-order valence-electron chi connectivity index (χ2n) is 1.95. The van der Waals surface area contributed by atoms with Crippen LogP contribution in [0.2, 0.25) is 5.15 Å². The van der Waals surface area contributed by atoms with Crippen LogP contribution in [0.25, 0.3) is 0 Å². The fourth-order valence-corrected chi connectivity index (χ4v) is 1.13. The van der Waals surface area contributed by atoms with Crippen molar-refractivity contribution in [2.45, 2.75) is 13.3 Å². The predicted molar refractivity (Wildman–Crippen MR) is 37.6 cm³/mol. The smallest absolute Gasteiger partial charge is 0.150 e. The van der Waals surface area contributed by atoms with Crippen LogP contribution in [0.4, 0.5) is 0 Å². The summed E-state index contributed by atoms with van der Waals surface area (Å²) < 4.78 is 1.93. The van der Waals surface area contributed by atoms with Crippen molar-refractivity contribution in [1.82, 2.24) is 9.55 Å². The van der Waals surface area contributed by atoms with Gasteiger partial charge in [-0.2, -0.15) is 0 Å². The first-order valence-electron chi connectivity index (χ1n) is 2.91. The third kappa shape index (κ3) is 1.08. The molecular weight excluding hydrogens is 136 g/mol. The molecule has 0 aromatic carbocycles. The summed E-state index contributed by atoms with van der Waals surface area (Å²) in [7, 11) is 1.94. The van der Waals surface area contributed by atoms with E-state index in [1.807, 2.05) is 11.6 Å². The molecule has 1 aromatic rings. The van der Waals surface area contributed by atoms with Gasteiger partial charge in [-0.05, 0) is 6.42 Å². The van der Waals surface area contributed by atoms with Crippen molar-refractivity contribution in [1.29, 1.82) is 0 Å². The van der Waals surface area contributed by atoms with Gasteiger partial charge in [-0.1, -0.05) is 18.5 Å². The number of aryl methyl sites for hydroxylation is 1. The standard InChI is InChI=1S/C6H9ClN2/c1-3-5-6(7)8-4-9(5)2/h4H,3H2,1-2H3. The molecule has 2 nitrogen and oxygen atoms in total. The highest BCUT2D eigenvalue weighted by Crippen LogP contribution is 2.11. The summed E-state index contributed by atoms with van der Waals surface area (Å²) in [4.78, 5) is 3.92. The van der Waals surface area contributed by atoms with E-state index >= 15 is 0 Å². The summed E-state index contributed by atoms with van der Waals surface area (Å²) in [6.45, 7) is 2.06. The third-order valence-electron chi connectivity index (χ3n) is 1.34. The Hall–Kier alpha value is -0.500. The van der Waals surface area contributed by atoms with E-state index in [-0.39, 0.29) is 0 Å². The number of hydrogen-bond acceptors (Lipinski definition) is 1. The molecule has 0 saturated heterocycles. The van der Waals surface area contributed by atoms with E-state index in [0.717, 1.165) is 12.1 Å². The molecule has 0 bridgehead atoms. The van der Waals surface area contributed by atoms with Crippen LogP contribution < -0.4 is 0 Å². The predicted octanol–water partition coefficient (Wildman–Crippen LogP) is 1.64. The lowest BCUT2D eigenvalue weighted by molar-refractivity contribution is 0.833. The van der Waals surface area contributed by atoms with E-state index < -0.39 is 0 Å². The van der Waals surface area contributed by atoms with Crippen molar-refractivity contribution in [3.05, 3.63) is 17.2 Å². The van der Waals surface area contributed by atoms with Crippen LogP contribution in [0, 0.1) is 0 Å². The van der Waals surface area contributed by atoms with E-state index in [0.29, 0.717) is 5.15 Å². The second-order valence-corrected chi connectivity index (χ2v) is 2.30. The molecule has 1 heterocycles. The molecule has 0 aliphatic carbocycles. The second kappa shape index (κ2) is 2.40. The first-order chi connectivity index (χ1) is 4.25. The number of halogens is 1. The highest BCUT2D eigenvalue weighted by atomic mass is 35.5. The molecule has 0 fully saturated rings. The molecule has 0 atom stereocenters. The summed E-state index contributed by atoms with van der Waals surface area (Å²) in [6, 6.07) is 0.